The van der Waals surface area contributed by atoms with Crippen LogP contribution in [-0.2, 0) is 0 Å². The molecule has 7 aromatic rings. The number of rotatable bonds is 2. The SMILES string of the molecule is c1ccc(-n2c3ccccc3c3cccc(-c4ccc5c6c(cccc46)-c4ccccc4S5)c32)cc1. The molecule has 2 heterocycles. The van der Waals surface area contributed by atoms with Crippen LogP contribution in [0.4, 0.5) is 0 Å². The first-order valence-electron chi connectivity index (χ1n) is 12.3. The Morgan fingerprint density at radius 3 is 2.03 bits per heavy atom. The predicted molar refractivity (Wildman–Crippen MR) is 153 cm³/mol. The van der Waals surface area contributed by atoms with Crippen molar-refractivity contribution in [2.24, 2.45) is 0 Å². The lowest BCUT2D eigenvalue weighted by atomic mass is 9.91. The molecule has 36 heavy (non-hydrogen) atoms. The third kappa shape index (κ3) is 2.73. The largest absolute Gasteiger partial charge is 0.309 e. The van der Waals surface area contributed by atoms with Crippen LogP contribution in [0.3, 0.4) is 0 Å². The molecular weight excluding hydrogens is 454 g/mol. The molecule has 0 radical (unpaired) electrons. The number of nitrogens with zero attached hydrogens (tertiary/aromatic N) is 1. The van der Waals surface area contributed by atoms with E-state index in [0.29, 0.717) is 0 Å². The van der Waals surface area contributed by atoms with Crippen molar-refractivity contribution < 1.29 is 0 Å². The highest BCUT2D eigenvalue weighted by Crippen LogP contribution is 2.50. The second kappa shape index (κ2) is 7.61. The third-order valence-corrected chi connectivity index (χ3v) is 8.53. The van der Waals surface area contributed by atoms with Crippen molar-refractivity contribution in [1.82, 2.24) is 4.57 Å². The molecule has 0 saturated heterocycles. The van der Waals surface area contributed by atoms with E-state index in [1.807, 2.05) is 11.8 Å². The fraction of sp³-hybridized carbons (Fsp3) is 0. The second-order valence-electron chi connectivity index (χ2n) is 9.33. The van der Waals surface area contributed by atoms with E-state index in [1.54, 1.807) is 0 Å². The summed E-state index contributed by atoms with van der Waals surface area (Å²) in [7, 11) is 0. The van der Waals surface area contributed by atoms with Crippen LogP contribution in [0.25, 0.3) is 60.5 Å². The highest BCUT2D eigenvalue weighted by atomic mass is 32.2. The molecule has 8 rings (SSSR count). The molecule has 1 aliphatic heterocycles. The number of aromatic nitrogens is 1. The van der Waals surface area contributed by atoms with Crippen LogP contribution in [0.2, 0.25) is 0 Å². The first-order valence-corrected chi connectivity index (χ1v) is 13.1. The van der Waals surface area contributed by atoms with Gasteiger partial charge in [-0.1, -0.05) is 109 Å². The molecule has 0 aliphatic carbocycles. The average molecular weight is 476 g/mol. The summed E-state index contributed by atoms with van der Waals surface area (Å²) in [6, 6.07) is 46.4. The summed E-state index contributed by atoms with van der Waals surface area (Å²) in [5.74, 6) is 0. The summed E-state index contributed by atoms with van der Waals surface area (Å²) in [6.07, 6.45) is 0. The number of benzene rings is 6. The Kier molecular flexibility index (Phi) is 4.22. The minimum absolute atomic E-state index is 1.18. The van der Waals surface area contributed by atoms with Gasteiger partial charge >= 0.3 is 0 Å². The Hall–Kier alpha value is -4.27. The van der Waals surface area contributed by atoms with E-state index in [2.05, 4.69) is 132 Å². The van der Waals surface area contributed by atoms with Crippen LogP contribution in [0, 0.1) is 0 Å². The van der Waals surface area contributed by atoms with E-state index >= 15 is 0 Å². The van der Waals surface area contributed by atoms with Gasteiger partial charge in [0.2, 0.25) is 0 Å². The zero-order valence-electron chi connectivity index (χ0n) is 19.5. The van der Waals surface area contributed by atoms with Crippen LogP contribution in [0.5, 0.6) is 0 Å². The number of hydrogen-bond acceptors (Lipinski definition) is 1. The molecule has 1 nitrogen and oxygen atoms in total. The molecule has 0 spiro atoms. The predicted octanol–water partition coefficient (Wildman–Crippen LogP) is 9.74. The van der Waals surface area contributed by atoms with Gasteiger partial charge in [-0.3, -0.25) is 0 Å². The van der Waals surface area contributed by atoms with Crippen molar-refractivity contribution in [3.05, 3.63) is 127 Å². The molecule has 0 saturated carbocycles. The molecule has 2 heteroatoms. The van der Waals surface area contributed by atoms with Gasteiger partial charge in [-0.2, -0.15) is 0 Å². The maximum atomic E-state index is 2.43. The second-order valence-corrected chi connectivity index (χ2v) is 10.4. The topological polar surface area (TPSA) is 4.93 Å². The van der Waals surface area contributed by atoms with Gasteiger partial charge in [0.25, 0.3) is 0 Å². The first kappa shape index (κ1) is 20.0. The fourth-order valence-electron chi connectivity index (χ4n) is 5.90. The molecule has 1 aliphatic rings. The molecule has 0 unspecified atom stereocenters. The Balaban J connectivity index is 1.51. The summed E-state index contributed by atoms with van der Waals surface area (Å²) in [4.78, 5) is 2.66. The molecule has 0 fully saturated rings. The Bertz CT molecular complexity index is 1960. The Labute approximate surface area is 213 Å². The van der Waals surface area contributed by atoms with Crippen molar-refractivity contribution >= 4 is 44.3 Å². The third-order valence-electron chi connectivity index (χ3n) is 7.40. The van der Waals surface area contributed by atoms with Crippen LogP contribution in [-0.4, -0.2) is 4.57 Å². The molecule has 0 atom stereocenters. The average Bonchev–Trinajstić information content (AvgIpc) is 3.29. The molecule has 0 N–H and O–H groups in total. The zero-order chi connectivity index (χ0) is 23.6. The number of para-hydroxylation sites is 3. The molecular formula is C34H21NS. The Morgan fingerprint density at radius 2 is 1.11 bits per heavy atom. The van der Waals surface area contributed by atoms with E-state index in [-0.39, 0.29) is 0 Å². The summed E-state index contributed by atoms with van der Waals surface area (Å²) < 4.78 is 2.43. The molecule has 6 aromatic carbocycles. The van der Waals surface area contributed by atoms with Crippen molar-refractivity contribution in [3.8, 4) is 27.9 Å². The summed E-state index contributed by atoms with van der Waals surface area (Å²) >= 11 is 1.88. The minimum atomic E-state index is 1.18. The van der Waals surface area contributed by atoms with Crippen molar-refractivity contribution in [1.29, 1.82) is 0 Å². The standard InChI is InChI=1S/C34H21NS/c1-2-10-22(11-3-1)35-30-18-6-4-12-24(30)29-17-9-16-28(34(29)35)23-20-21-32-33-26(23)14-8-15-27(33)25-13-5-7-19-31(25)36-32/h1-21H. The summed E-state index contributed by atoms with van der Waals surface area (Å²) in [5, 5.41) is 5.24. The van der Waals surface area contributed by atoms with Gasteiger partial charge in [-0.25, -0.2) is 0 Å². The van der Waals surface area contributed by atoms with Gasteiger partial charge in [-0.15, -0.1) is 0 Å². The molecule has 0 bridgehead atoms. The van der Waals surface area contributed by atoms with E-state index < -0.39 is 0 Å². The van der Waals surface area contributed by atoms with Gasteiger partial charge in [-0.05, 0) is 52.4 Å². The van der Waals surface area contributed by atoms with Gasteiger partial charge in [0.05, 0.1) is 11.0 Å². The maximum absolute atomic E-state index is 2.43. The zero-order valence-corrected chi connectivity index (χ0v) is 20.3. The van der Waals surface area contributed by atoms with Crippen LogP contribution in [0.15, 0.2) is 137 Å². The van der Waals surface area contributed by atoms with E-state index in [4.69, 9.17) is 0 Å². The highest BCUT2D eigenvalue weighted by Gasteiger charge is 2.22. The maximum Gasteiger partial charge on any atom is 0.0619 e. The normalized spacial score (nSPS) is 12.3. The lowest BCUT2D eigenvalue weighted by Gasteiger charge is -2.22. The van der Waals surface area contributed by atoms with E-state index in [0.717, 1.165) is 0 Å². The van der Waals surface area contributed by atoms with E-state index in [1.165, 1.54) is 70.3 Å². The molecule has 1 aromatic heterocycles. The van der Waals surface area contributed by atoms with Crippen LogP contribution in [0.1, 0.15) is 0 Å². The molecule has 168 valence electrons. The van der Waals surface area contributed by atoms with Crippen molar-refractivity contribution in [2.45, 2.75) is 9.79 Å². The van der Waals surface area contributed by atoms with Crippen molar-refractivity contribution in [3.63, 3.8) is 0 Å². The van der Waals surface area contributed by atoms with Gasteiger partial charge in [0.15, 0.2) is 0 Å². The van der Waals surface area contributed by atoms with E-state index in [9.17, 15) is 0 Å². The number of fused-ring (bicyclic) bond motifs is 5. The van der Waals surface area contributed by atoms with Gasteiger partial charge in [0.1, 0.15) is 0 Å². The smallest absolute Gasteiger partial charge is 0.0619 e. The monoisotopic (exact) mass is 475 g/mol. The summed E-state index contributed by atoms with van der Waals surface area (Å²) in [6.45, 7) is 0. The first-order chi connectivity index (χ1) is 17.9. The summed E-state index contributed by atoms with van der Waals surface area (Å²) in [5.41, 5.74) is 8.88. The van der Waals surface area contributed by atoms with Gasteiger partial charge < -0.3 is 4.57 Å². The number of hydrogen-bond donors (Lipinski definition) is 0. The fourth-order valence-corrected chi connectivity index (χ4v) is 7.03. The Morgan fingerprint density at radius 1 is 0.417 bits per heavy atom. The molecule has 0 amide bonds. The lowest BCUT2D eigenvalue weighted by Crippen LogP contribution is -1.97. The highest BCUT2D eigenvalue weighted by molar-refractivity contribution is 7.99. The van der Waals surface area contributed by atoms with Crippen LogP contribution < -0.4 is 0 Å². The van der Waals surface area contributed by atoms with Gasteiger partial charge in [0, 0.05) is 37.2 Å². The minimum Gasteiger partial charge on any atom is -0.309 e. The van der Waals surface area contributed by atoms with Crippen LogP contribution >= 0.6 is 11.8 Å². The van der Waals surface area contributed by atoms with Crippen molar-refractivity contribution in [2.75, 3.05) is 0 Å². The quantitative estimate of drug-likeness (QED) is 0.241. The lowest BCUT2D eigenvalue weighted by molar-refractivity contribution is 1.18.